The van der Waals surface area contributed by atoms with Gasteiger partial charge in [-0.05, 0) is 0 Å². The van der Waals surface area contributed by atoms with E-state index >= 15 is 0 Å². The standard InChI is InChI=1S/C11H14N2O6/c1-13-5-8(14)12-7(11(13)17)6-19-10(16)4-3-9(15)18-2/h3-4,7H,5-6H2,1-2H3,(H,12,14)/b4-3+/t7-/m0/s1. The van der Waals surface area contributed by atoms with E-state index in [0.717, 1.165) is 12.2 Å². The Bertz CT molecular complexity index is 431. The van der Waals surface area contributed by atoms with Crippen LogP contribution in [0, 0.1) is 0 Å². The normalized spacial score (nSPS) is 19.3. The molecule has 1 heterocycles. The molecule has 0 aliphatic carbocycles. The topological polar surface area (TPSA) is 102 Å². The number of nitrogens with zero attached hydrogens (tertiary/aromatic N) is 1. The van der Waals surface area contributed by atoms with Crippen molar-refractivity contribution >= 4 is 23.8 Å². The van der Waals surface area contributed by atoms with Gasteiger partial charge in [0.2, 0.25) is 11.8 Å². The zero-order valence-corrected chi connectivity index (χ0v) is 10.5. The van der Waals surface area contributed by atoms with Gasteiger partial charge in [-0.3, -0.25) is 9.59 Å². The highest BCUT2D eigenvalue weighted by atomic mass is 16.5. The number of likely N-dealkylation sites (N-methyl/N-ethyl adjacent to an activating group) is 1. The molecule has 0 spiro atoms. The van der Waals surface area contributed by atoms with Crippen LogP contribution in [-0.2, 0) is 28.7 Å². The third kappa shape index (κ3) is 4.41. The number of carbonyl (C=O) groups is 4. The summed E-state index contributed by atoms with van der Waals surface area (Å²) in [6.07, 6.45) is 1.78. The molecule has 1 N–H and O–H groups in total. The summed E-state index contributed by atoms with van der Waals surface area (Å²) in [5.74, 6) is -2.17. The van der Waals surface area contributed by atoms with Crippen LogP contribution in [0.2, 0.25) is 0 Å². The molecule has 0 saturated carbocycles. The molecule has 0 aromatic heterocycles. The van der Waals surface area contributed by atoms with Gasteiger partial charge < -0.3 is 19.7 Å². The van der Waals surface area contributed by atoms with Crippen molar-refractivity contribution in [3.63, 3.8) is 0 Å². The lowest BCUT2D eigenvalue weighted by Gasteiger charge is -2.29. The lowest BCUT2D eigenvalue weighted by Crippen LogP contribution is -2.58. The summed E-state index contributed by atoms with van der Waals surface area (Å²) in [5.41, 5.74) is 0. The number of amides is 2. The van der Waals surface area contributed by atoms with Crippen LogP contribution in [0.15, 0.2) is 12.2 Å². The van der Waals surface area contributed by atoms with E-state index in [4.69, 9.17) is 4.74 Å². The molecular weight excluding hydrogens is 256 g/mol. The van der Waals surface area contributed by atoms with Gasteiger partial charge in [-0.25, -0.2) is 9.59 Å². The zero-order chi connectivity index (χ0) is 14.4. The Hall–Kier alpha value is -2.38. The molecule has 8 nitrogen and oxygen atoms in total. The van der Waals surface area contributed by atoms with E-state index in [1.807, 2.05) is 0 Å². The number of piperazine rings is 1. The van der Waals surface area contributed by atoms with Crippen molar-refractivity contribution in [2.24, 2.45) is 0 Å². The Morgan fingerprint density at radius 1 is 1.37 bits per heavy atom. The number of ether oxygens (including phenoxy) is 2. The molecular formula is C11H14N2O6. The molecule has 1 saturated heterocycles. The molecule has 0 unspecified atom stereocenters. The monoisotopic (exact) mass is 270 g/mol. The maximum atomic E-state index is 11.6. The first-order valence-corrected chi connectivity index (χ1v) is 5.41. The van der Waals surface area contributed by atoms with Gasteiger partial charge in [0.15, 0.2) is 0 Å². The van der Waals surface area contributed by atoms with Crippen molar-refractivity contribution in [2.75, 3.05) is 27.3 Å². The van der Waals surface area contributed by atoms with Crippen LogP contribution in [0.5, 0.6) is 0 Å². The molecule has 0 aromatic rings. The van der Waals surface area contributed by atoms with E-state index in [-0.39, 0.29) is 25.0 Å². The molecule has 2 amide bonds. The third-order valence-electron chi connectivity index (χ3n) is 2.34. The Kier molecular flexibility index (Phi) is 5.04. The molecule has 1 aliphatic heterocycles. The van der Waals surface area contributed by atoms with Crippen LogP contribution in [0.25, 0.3) is 0 Å². The summed E-state index contributed by atoms with van der Waals surface area (Å²) >= 11 is 0. The van der Waals surface area contributed by atoms with E-state index in [0.29, 0.717) is 0 Å². The highest BCUT2D eigenvalue weighted by molar-refractivity contribution is 5.95. The van der Waals surface area contributed by atoms with Crippen molar-refractivity contribution in [3.8, 4) is 0 Å². The van der Waals surface area contributed by atoms with Crippen molar-refractivity contribution in [3.05, 3.63) is 12.2 Å². The van der Waals surface area contributed by atoms with Crippen LogP contribution in [0.1, 0.15) is 0 Å². The lowest BCUT2D eigenvalue weighted by atomic mass is 10.2. The molecule has 19 heavy (non-hydrogen) atoms. The van der Waals surface area contributed by atoms with Gasteiger partial charge in [0.05, 0.1) is 13.7 Å². The van der Waals surface area contributed by atoms with Crippen LogP contribution in [-0.4, -0.2) is 62.0 Å². The van der Waals surface area contributed by atoms with Gasteiger partial charge in [-0.15, -0.1) is 0 Å². The van der Waals surface area contributed by atoms with Crippen molar-refractivity contribution < 1.29 is 28.7 Å². The number of hydrogen-bond acceptors (Lipinski definition) is 6. The molecule has 0 radical (unpaired) electrons. The number of hydrogen-bond donors (Lipinski definition) is 1. The van der Waals surface area contributed by atoms with Gasteiger partial charge in [0, 0.05) is 19.2 Å². The van der Waals surface area contributed by atoms with Gasteiger partial charge in [-0.2, -0.15) is 0 Å². The summed E-state index contributed by atoms with van der Waals surface area (Å²) in [6.45, 7) is -0.315. The predicted molar refractivity (Wildman–Crippen MR) is 61.7 cm³/mol. The van der Waals surface area contributed by atoms with Gasteiger partial charge >= 0.3 is 11.9 Å². The zero-order valence-electron chi connectivity index (χ0n) is 10.5. The minimum atomic E-state index is -0.901. The van der Waals surface area contributed by atoms with E-state index in [2.05, 4.69) is 10.1 Å². The Balaban J connectivity index is 2.45. The van der Waals surface area contributed by atoms with Crippen molar-refractivity contribution in [2.45, 2.75) is 6.04 Å². The molecule has 1 aliphatic rings. The summed E-state index contributed by atoms with van der Waals surface area (Å²) in [6, 6.07) is -0.901. The second kappa shape index (κ2) is 6.53. The molecule has 0 aromatic carbocycles. The molecule has 8 heteroatoms. The quantitative estimate of drug-likeness (QED) is 0.478. The second-order valence-corrected chi connectivity index (χ2v) is 3.80. The van der Waals surface area contributed by atoms with E-state index in [1.54, 1.807) is 0 Å². The summed E-state index contributed by atoms with van der Waals surface area (Å²) in [4.78, 5) is 46.0. The molecule has 1 fully saturated rings. The minimum absolute atomic E-state index is 0.0223. The van der Waals surface area contributed by atoms with E-state index in [1.165, 1.54) is 19.1 Å². The number of methoxy groups -OCH3 is 1. The summed E-state index contributed by atoms with van der Waals surface area (Å²) in [5, 5.41) is 2.40. The van der Waals surface area contributed by atoms with E-state index < -0.39 is 18.0 Å². The molecule has 1 rings (SSSR count). The summed E-state index contributed by atoms with van der Waals surface area (Å²) < 4.78 is 9.04. The number of carbonyl (C=O) groups excluding carboxylic acids is 4. The summed E-state index contributed by atoms with van der Waals surface area (Å²) in [7, 11) is 2.65. The van der Waals surface area contributed by atoms with Crippen molar-refractivity contribution in [1.29, 1.82) is 0 Å². The minimum Gasteiger partial charge on any atom is -0.466 e. The average Bonchev–Trinajstić information content (AvgIpc) is 2.38. The molecule has 1 atom stereocenters. The van der Waals surface area contributed by atoms with Gasteiger partial charge in [-0.1, -0.05) is 0 Å². The number of nitrogens with one attached hydrogen (secondary N) is 1. The fourth-order valence-corrected chi connectivity index (χ4v) is 1.39. The first-order valence-electron chi connectivity index (χ1n) is 5.41. The number of rotatable bonds is 4. The van der Waals surface area contributed by atoms with Crippen LogP contribution >= 0.6 is 0 Å². The highest BCUT2D eigenvalue weighted by Gasteiger charge is 2.31. The average molecular weight is 270 g/mol. The van der Waals surface area contributed by atoms with Gasteiger partial charge in [0.25, 0.3) is 0 Å². The molecule has 0 bridgehead atoms. The highest BCUT2D eigenvalue weighted by Crippen LogP contribution is 2.00. The Labute approximate surface area is 109 Å². The second-order valence-electron chi connectivity index (χ2n) is 3.80. The smallest absolute Gasteiger partial charge is 0.331 e. The predicted octanol–water partition coefficient (Wildman–Crippen LogP) is -1.78. The fourth-order valence-electron chi connectivity index (χ4n) is 1.39. The SMILES string of the molecule is COC(=O)/C=C/C(=O)OC[C@@H]1NC(=O)CN(C)C1=O. The Morgan fingerprint density at radius 2 is 2.00 bits per heavy atom. The first kappa shape index (κ1) is 14.7. The van der Waals surface area contributed by atoms with Gasteiger partial charge in [0.1, 0.15) is 12.6 Å². The first-order chi connectivity index (χ1) is 8.93. The third-order valence-corrected chi connectivity index (χ3v) is 2.34. The van der Waals surface area contributed by atoms with Crippen molar-refractivity contribution in [1.82, 2.24) is 10.2 Å². The fraction of sp³-hybridized carbons (Fsp3) is 0.455. The largest absolute Gasteiger partial charge is 0.466 e. The van der Waals surface area contributed by atoms with E-state index in [9.17, 15) is 19.2 Å². The maximum Gasteiger partial charge on any atom is 0.331 e. The Morgan fingerprint density at radius 3 is 2.63 bits per heavy atom. The van der Waals surface area contributed by atoms with Crippen LogP contribution in [0.4, 0.5) is 0 Å². The molecule has 104 valence electrons. The lowest BCUT2D eigenvalue weighted by molar-refractivity contribution is -0.148. The van der Waals surface area contributed by atoms with Crippen LogP contribution in [0.3, 0.4) is 0 Å². The number of esters is 2. The van der Waals surface area contributed by atoms with Crippen LogP contribution < -0.4 is 5.32 Å². The maximum absolute atomic E-state index is 11.6.